The molecule has 0 saturated carbocycles. The van der Waals surface area contributed by atoms with Crippen LogP contribution in [-0.4, -0.2) is 42.8 Å². The number of anilines is 2. The molecule has 0 fully saturated rings. The van der Waals surface area contributed by atoms with Crippen molar-refractivity contribution in [2.24, 2.45) is 0 Å². The Morgan fingerprint density at radius 3 is 2.53 bits per heavy atom. The van der Waals surface area contributed by atoms with E-state index in [9.17, 15) is 14.4 Å². The summed E-state index contributed by atoms with van der Waals surface area (Å²) in [6, 6.07) is 16.8. The molecule has 2 N–H and O–H groups in total. The van der Waals surface area contributed by atoms with Gasteiger partial charge in [0.05, 0.1) is 19.1 Å². The van der Waals surface area contributed by atoms with Gasteiger partial charge in [0.2, 0.25) is 5.91 Å². The van der Waals surface area contributed by atoms with E-state index in [1.165, 1.54) is 18.3 Å². The van der Waals surface area contributed by atoms with Crippen LogP contribution in [-0.2, 0) is 4.79 Å². The van der Waals surface area contributed by atoms with Crippen molar-refractivity contribution in [1.82, 2.24) is 4.90 Å². The summed E-state index contributed by atoms with van der Waals surface area (Å²) in [6.45, 7) is 2.22. The lowest BCUT2D eigenvalue weighted by Crippen LogP contribution is -2.38. The minimum atomic E-state index is -0.416. The highest BCUT2D eigenvalue weighted by Crippen LogP contribution is 2.23. The standard InChI is InChI=1S/C24H25N3O5/c1-3-13-27(16-22(28)26-19-10-4-5-11-20(19)31-2)24(30)17-8-6-9-18(15-17)25-23(29)21-12-7-14-32-21/h4-12,14-15H,3,13,16H2,1-2H3,(H,25,29)(H,26,28). The van der Waals surface area contributed by atoms with Gasteiger partial charge in [-0.1, -0.05) is 25.1 Å². The Balaban J connectivity index is 1.70. The predicted octanol–water partition coefficient (Wildman–Crippen LogP) is 4.03. The van der Waals surface area contributed by atoms with Gasteiger partial charge in [-0.2, -0.15) is 0 Å². The van der Waals surface area contributed by atoms with Gasteiger partial charge in [0.15, 0.2) is 5.76 Å². The number of para-hydroxylation sites is 2. The van der Waals surface area contributed by atoms with Crippen molar-refractivity contribution in [3.63, 3.8) is 0 Å². The Kier molecular flexibility index (Phi) is 7.64. The Morgan fingerprint density at radius 2 is 1.81 bits per heavy atom. The molecular formula is C24H25N3O5. The summed E-state index contributed by atoms with van der Waals surface area (Å²) in [6.07, 6.45) is 2.09. The molecule has 8 heteroatoms. The molecule has 1 heterocycles. The minimum absolute atomic E-state index is 0.117. The van der Waals surface area contributed by atoms with E-state index in [-0.39, 0.29) is 24.1 Å². The van der Waals surface area contributed by atoms with Gasteiger partial charge < -0.3 is 24.7 Å². The van der Waals surface area contributed by atoms with Crippen LogP contribution in [0.5, 0.6) is 5.75 Å². The fourth-order valence-corrected chi connectivity index (χ4v) is 3.15. The minimum Gasteiger partial charge on any atom is -0.495 e. The molecule has 0 radical (unpaired) electrons. The Morgan fingerprint density at radius 1 is 1.00 bits per heavy atom. The monoisotopic (exact) mass is 435 g/mol. The van der Waals surface area contributed by atoms with Crippen LogP contribution in [0.25, 0.3) is 0 Å². The highest BCUT2D eigenvalue weighted by atomic mass is 16.5. The fraction of sp³-hybridized carbons (Fsp3) is 0.208. The number of ether oxygens (including phenoxy) is 1. The fourth-order valence-electron chi connectivity index (χ4n) is 3.15. The summed E-state index contributed by atoms with van der Waals surface area (Å²) in [7, 11) is 1.52. The van der Waals surface area contributed by atoms with Crippen LogP contribution in [0.15, 0.2) is 71.3 Å². The van der Waals surface area contributed by atoms with Gasteiger partial charge in [-0.05, 0) is 48.9 Å². The lowest BCUT2D eigenvalue weighted by Gasteiger charge is -2.22. The molecule has 2 aromatic carbocycles. The van der Waals surface area contributed by atoms with Crippen molar-refractivity contribution in [2.45, 2.75) is 13.3 Å². The number of carbonyl (C=O) groups excluding carboxylic acids is 3. The molecule has 0 saturated heterocycles. The number of carbonyl (C=O) groups is 3. The number of benzene rings is 2. The number of furan rings is 1. The van der Waals surface area contributed by atoms with Crippen LogP contribution in [0.1, 0.15) is 34.3 Å². The summed E-state index contributed by atoms with van der Waals surface area (Å²) < 4.78 is 10.3. The van der Waals surface area contributed by atoms with E-state index in [1.807, 2.05) is 6.92 Å². The summed E-state index contributed by atoms with van der Waals surface area (Å²) in [5.41, 5.74) is 1.35. The third-order valence-corrected chi connectivity index (χ3v) is 4.61. The van der Waals surface area contributed by atoms with Crippen molar-refractivity contribution >= 4 is 29.1 Å². The summed E-state index contributed by atoms with van der Waals surface area (Å²) in [4.78, 5) is 39.4. The van der Waals surface area contributed by atoms with Gasteiger partial charge >= 0.3 is 0 Å². The lowest BCUT2D eigenvalue weighted by atomic mass is 10.1. The van der Waals surface area contributed by atoms with Crippen LogP contribution in [0.3, 0.4) is 0 Å². The highest BCUT2D eigenvalue weighted by molar-refractivity contribution is 6.04. The number of methoxy groups -OCH3 is 1. The third-order valence-electron chi connectivity index (χ3n) is 4.61. The van der Waals surface area contributed by atoms with E-state index in [2.05, 4.69) is 10.6 Å². The van der Waals surface area contributed by atoms with Gasteiger partial charge in [0.1, 0.15) is 12.3 Å². The molecule has 3 aromatic rings. The molecule has 0 atom stereocenters. The average Bonchev–Trinajstić information content (AvgIpc) is 3.34. The molecular weight excluding hydrogens is 410 g/mol. The summed E-state index contributed by atoms with van der Waals surface area (Å²) in [5.74, 6) is -0.354. The maximum atomic E-state index is 13.1. The SMILES string of the molecule is CCCN(CC(=O)Nc1ccccc1OC)C(=O)c1cccc(NC(=O)c2ccco2)c1. The molecule has 1 aromatic heterocycles. The van der Waals surface area contributed by atoms with Gasteiger partial charge in [0.25, 0.3) is 11.8 Å². The molecule has 0 spiro atoms. The van der Waals surface area contributed by atoms with Crippen LogP contribution < -0.4 is 15.4 Å². The quantitative estimate of drug-likeness (QED) is 0.528. The second-order valence-corrected chi connectivity index (χ2v) is 6.99. The zero-order valence-electron chi connectivity index (χ0n) is 18.0. The second-order valence-electron chi connectivity index (χ2n) is 6.99. The Hall–Kier alpha value is -4.07. The lowest BCUT2D eigenvalue weighted by molar-refractivity contribution is -0.116. The first-order valence-electron chi connectivity index (χ1n) is 10.2. The number of amides is 3. The predicted molar refractivity (Wildman–Crippen MR) is 121 cm³/mol. The smallest absolute Gasteiger partial charge is 0.291 e. The molecule has 8 nitrogen and oxygen atoms in total. The van der Waals surface area contributed by atoms with Gasteiger partial charge in [0, 0.05) is 17.8 Å². The van der Waals surface area contributed by atoms with Gasteiger partial charge in [-0.15, -0.1) is 0 Å². The van der Waals surface area contributed by atoms with Crippen molar-refractivity contribution in [1.29, 1.82) is 0 Å². The normalized spacial score (nSPS) is 10.3. The van der Waals surface area contributed by atoms with Crippen molar-refractivity contribution in [3.8, 4) is 5.75 Å². The second kappa shape index (κ2) is 10.8. The summed E-state index contributed by atoms with van der Waals surface area (Å²) >= 11 is 0. The maximum Gasteiger partial charge on any atom is 0.291 e. The number of rotatable bonds is 9. The number of hydrogen-bond donors (Lipinski definition) is 2. The topological polar surface area (TPSA) is 101 Å². The zero-order chi connectivity index (χ0) is 22.9. The first-order chi connectivity index (χ1) is 15.5. The van der Waals surface area contributed by atoms with E-state index < -0.39 is 5.91 Å². The van der Waals surface area contributed by atoms with E-state index in [4.69, 9.17) is 9.15 Å². The number of nitrogens with zero attached hydrogens (tertiary/aromatic N) is 1. The first-order valence-corrected chi connectivity index (χ1v) is 10.2. The van der Waals surface area contributed by atoms with Gasteiger partial charge in [-0.25, -0.2) is 0 Å². The van der Waals surface area contributed by atoms with Crippen LogP contribution >= 0.6 is 0 Å². The molecule has 0 aliphatic rings. The van der Waals surface area contributed by atoms with Gasteiger partial charge in [-0.3, -0.25) is 14.4 Å². The zero-order valence-corrected chi connectivity index (χ0v) is 18.0. The molecule has 3 rings (SSSR count). The Labute approximate surface area is 186 Å². The largest absolute Gasteiger partial charge is 0.495 e. The van der Waals surface area contributed by atoms with Crippen LogP contribution in [0.4, 0.5) is 11.4 Å². The van der Waals surface area contributed by atoms with E-state index >= 15 is 0 Å². The third kappa shape index (κ3) is 5.75. The van der Waals surface area contributed by atoms with Crippen molar-refractivity contribution in [3.05, 3.63) is 78.3 Å². The van der Waals surface area contributed by atoms with Crippen molar-refractivity contribution < 1.29 is 23.5 Å². The number of hydrogen-bond acceptors (Lipinski definition) is 5. The van der Waals surface area contributed by atoms with Crippen molar-refractivity contribution in [2.75, 3.05) is 30.8 Å². The Bertz CT molecular complexity index is 1080. The van der Waals surface area contributed by atoms with Crippen LogP contribution in [0.2, 0.25) is 0 Å². The average molecular weight is 435 g/mol. The number of nitrogens with one attached hydrogen (secondary N) is 2. The molecule has 0 aliphatic heterocycles. The summed E-state index contributed by atoms with van der Waals surface area (Å²) in [5, 5.41) is 5.48. The van der Waals surface area contributed by atoms with E-state index in [0.29, 0.717) is 35.7 Å². The van der Waals surface area contributed by atoms with E-state index in [0.717, 1.165) is 0 Å². The highest BCUT2D eigenvalue weighted by Gasteiger charge is 2.20. The molecule has 0 unspecified atom stereocenters. The maximum absolute atomic E-state index is 13.1. The molecule has 0 aliphatic carbocycles. The molecule has 3 amide bonds. The first kappa shape index (κ1) is 22.6. The van der Waals surface area contributed by atoms with E-state index in [1.54, 1.807) is 60.7 Å². The molecule has 0 bridgehead atoms. The van der Waals surface area contributed by atoms with Crippen LogP contribution in [0, 0.1) is 0 Å². The molecule has 166 valence electrons. The molecule has 32 heavy (non-hydrogen) atoms.